The molecule has 0 radical (unpaired) electrons. The smallest absolute Gasteiger partial charge is 0.262 e. The van der Waals surface area contributed by atoms with Crippen LogP contribution >= 0.6 is 23.4 Å². The van der Waals surface area contributed by atoms with Crippen molar-refractivity contribution in [2.75, 3.05) is 11.9 Å². The summed E-state index contributed by atoms with van der Waals surface area (Å²) in [5.41, 5.74) is 1.02. The highest BCUT2D eigenvalue weighted by Gasteiger charge is 2.22. The Morgan fingerprint density at radius 2 is 2.26 bits per heavy atom. The van der Waals surface area contributed by atoms with E-state index in [0.29, 0.717) is 27.0 Å². The van der Waals surface area contributed by atoms with Crippen molar-refractivity contribution in [3.63, 3.8) is 0 Å². The fraction of sp³-hybridized carbons (Fsp3) is 0.188. The Morgan fingerprint density at radius 3 is 3.04 bits per heavy atom. The number of rotatable bonds is 4. The fourth-order valence-corrected chi connectivity index (χ4v) is 3.29. The lowest BCUT2D eigenvalue weighted by atomic mass is 10.1. The number of aromatic nitrogens is 1. The molecular formula is C16H13ClN2O3S. The van der Waals surface area contributed by atoms with Gasteiger partial charge in [0.2, 0.25) is 0 Å². The van der Waals surface area contributed by atoms with E-state index in [1.54, 1.807) is 43.5 Å². The van der Waals surface area contributed by atoms with Crippen LogP contribution in [0.5, 0.6) is 5.75 Å². The molecule has 0 unspecified atom stereocenters. The summed E-state index contributed by atoms with van der Waals surface area (Å²) in [5, 5.41) is 3.47. The van der Waals surface area contributed by atoms with Crippen molar-refractivity contribution in [1.82, 2.24) is 4.98 Å². The summed E-state index contributed by atoms with van der Waals surface area (Å²) in [6, 6.07) is 8.49. The van der Waals surface area contributed by atoms with Gasteiger partial charge in [-0.1, -0.05) is 23.4 Å². The summed E-state index contributed by atoms with van der Waals surface area (Å²) in [5.74, 6) is 0.262. The first-order chi connectivity index (χ1) is 11.0. The number of hydrogen-bond acceptors (Lipinski definition) is 5. The topological polar surface area (TPSA) is 68.3 Å². The number of Topliss-reactive ketones (excluding diaryl/α,β-unsaturated/α-hetero) is 1. The molecule has 0 fully saturated rings. The zero-order valence-electron chi connectivity index (χ0n) is 12.2. The number of ether oxygens (including phenoxy) is 1. The molecule has 0 aliphatic carbocycles. The highest BCUT2D eigenvalue weighted by molar-refractivity contribution is 8.00. The van der Waals surface area contributed by atoms with Gasteiger partial charge in [0.25, 0.3) is 5.91 Å². The maximum Gasteiger partial charge on any atom is 0.262 e. The summed E-state index contributed by atoms with van der Waals surface area (Å²) in [6.07, 6.45) is 1.64. The molecule has 1 atom stereocenters. The summed E-state index contributed by atoms with van der Waals surface area (Å²) < 4.78 is 5.29. The van der Waals surface area contributed by atoms with Crippen LogP contribution in [0.2, 0.25) is 5.02 Å². The molecule has 1 amide bonds. The van der Waals surface area contributed by atoms with Gasteiger partial charge in [-0.2, -0.15) is 0 Å². The van der Waals surface area contributed by atoms with Gasteiger partial charge >= 0.3 is 0 Å². The van der Waals surface area contributed by atoms with Gasteiger partial charge in [-0.15, -0.1) is 0 Å². The van der Waals surface area contributed by atoms with Gasteiger partial charge in [-0.25, -0.2) is 4.98 Å². The number of ketones is 1. The molecule has 23 heavy (non-hydrogen) atoms. The lowest BCUT2D eigenvalue weighted by Crippen LogP contribution is -2.25. The quantitative estimate of drug-likeness (QED) is 0.677. The highest BCUT2D eigenvalue weighted by Crippen LogP contribution is 2.32. The van der Waals surface area contributed by atoms with Crippen LogP contribution in [0.3, 0.4) is 0 Å². The zero-order chi connectivity index (χ0) is 16.4. The Balaban J connectivity index is 1.79. The van der Waals surface area contributed by atoms with Gasteiger partial charge in [0, 0.05) is 11.8 Å². The number of halogens is 1. The fourth-order valence-electron chi connectivity index (χ4n) is 2.15. The Hall–Kier alpha value is -2.05. The molecule has 0 bridgehead atoms. The van der Waals surface area contributed by atoms with Crippen molar-refractivity contribution < 1.29 is 14.3 Å². The number of pyridine rings is 1. The summed E-state index contributed by atoms with van der Waals surface area (Å²) in [4.78, 5) is 28.1. The molecule has 2 heterocycles. The van der Waals surface area contributed by atoms with Crippen molar-refractivity contribution in [1.29, 1.82) is 0 Å². The van der Waals surface area contributed by atoms with Crippen molar-refractivity contribution >= 4 is 40.7 Å². The molecule has 0 saturated carbocycles. The van der Waals surface area contributed by atoms with E-state index < -0.39 is 0 Å². The molecule has 118 valence electrons. The van der Waals surface area contributed by atoms with E-state index >= 15 is 0 Å². The second-order valence-electron chi connectivity index (χ2n) is 4.96. The first-order valence-corrected chi connectivity index (χ1v) is 8.18. The lowest BCUT2D eigenvalue weighted by molar-refractivity contribution is -0.118. The Bertz CT molecular complexity index is 782. The molecule has 1 N–H and O–H groups in total. The van der Waals surface area contributed by atoms with Gasteiger partial charge < -0.3 is 10.1 Å². The number of carbonyl (C=O) groups excluding carboxylic acids is 2. The molecule has 1 aromatic heterocycles. The third-order valence-corrected chi connectivity index (χ3v) is 4.81. The van der Waals surface area contributed by atoms with E-state index in [9.17, 15) is 9.59 Å². The normalized spacial score (nSPS) is 14.4. The second-order valence-corrected chi connectivity index (χ2v) is 6.70. The molecule has 0 saturated heterocycles. The number of hydrogen-bond donors (Lipinski definition) is 1. The Morgan fingerprint density at radius 1 is 1.43 bits per heavy atom. The van der Waals surface area contributed by atoms with Gasteiger partial charge in [0.15, 0.2) is 12.4 Å². The molecule has 5 nitrogen and oxygen atoms in total. The highest BCUT2D eigenvalue weighted by atomic mass is 35.5. The standard InChI is InChI=1S/C16H13ClN2O3S/c1-9(23-16-11(17)3-2-6-18-16)15(21)10-4-5-13-12(7-10)19-14(20)8-22-13/h2-7,9H,8H2,1H3,(H,19,20)/t9-/m0/s1. The molecule has 7 heteroatoms. The number of carbonyl (C=O) groups is 2. The third-order valence-electron chi connectivity index (χ3n) is 3.28. The Labute approximate surface area is 142 Å². The zero-order valence-corrected chi connectivity index (χ0v) is 13.8. The number of fused-ring (bicyclic) bond motifs is 1. The van der Waals surface area contributed by atoms with Crippen LogP contribution in [0.25, 0.3) is 0 Å². The van der Waals surface area contributed by atoms with Crippen LogP contribution in [-0.4, -0.2) is 28.5 Å². The largest absolute Gasteiger partial charge is 0.482 e. The van der Waals surface area contributed by atoms with Crippen molar-refractivity contribution in [3.8, 4) is 5.75 Å². The number of nitrogens with one attached hydrogen (secondary N) is 1. The summed E-state index contributed by atoms with van der Waals surface area (Å²) >= 11 is 7.37. The van der Waals surface area contributed by atoms with Gasteiger partial charge in [0.05, 0.1) is 16.0 Å². The minimum Gasteiger partial charge on any atom is -0.482 e. The maximum absolute atomic E-state index is 12.6. The van der Waals surface area contributed by atoms with Crippen molar-refractivity contribution in [2.45, 2.75) is 17.2 Å². The predicted molar refractivity (Wildman–Crippen MR) is 89.5 cm³/mol. The number of amides is 1. The second kappa shape index (κ2) is 6.60. The third kappa shape index (κ3) is 3.48. The monoisotopic (exact) mass is 348 g/mol. The number of nitrogens with zero attached hydrogens (tertiary/aromatic N) is 1. The molecular weight excluding hydrogens is 336 g/mol. The van der Waals surface area contributed by atoms with E-state index in [1.807, 2.05) is 0 Å². The SMILES string of the molecule is C[C@H](Sc1ncccc1Cl)C(=O)c1ccc2c(c1)NC(=O)CO2. The van der Waals surface area contributed by atoms with Crippen molar-refractivity contribution in [3.05, 3.63) is 47.1 Å². The van der Waals surface area contributed by atoms with Crippen LogP contribution in [0, 0.1) is 0 Å². The minimum atomic E-state index is -0.360. The predicted octanol–water partition coefficient (Wildman–Crippen LogP) is 3.43. The van der Waals surface area contributed by atoms with E-state index in [-0.39, 0.29) is 23.5 Å². The van der Waals surface area contributed by atoms with E-state index in [2.05, 4.69) is 10.3 Å². The van der Waals surface area contributed by atoms with Crippen LogP contribution in [-0.2, 0) is 4.79 Å². The van der Waals surface area contributed by atoms with Gasteiger partial charge in [-0.3, -0.25) is 9.59 Å². The van der Waals surface area contributed by atoms with Crippen LogP contribution in [0.1, 0.15) is 17.3 Å². The Kier molecular flexibility index (Phi) is 4.54. The minimum absolute atomic E-state index is 0.00920. The van der Waals surface area contributed by atoms with E-state index in [4.69, 9.17) is 16.3 Å². The first-order valence-electron chi connectivity index (χ1n) is 6.92. The number of thioether (sulfide) groups is 1. The molecule has 1 aliphatic rings. The van der Waals surface area contributed by atoms with Crippen LogP contribution in [0.4, 0.5) is 5.69 Å². The molecule has 0 spiro atoms. The molecule has 2 aromatic rings. The summed E-state index contributed by atoms with van der Waals surface area (Å²) in [6.45, 7) is 1.79. The number of benzene rings is 1. The van der Waals surface area contributed by atoms with Gasteiger partial charge in [0.1, 0.15) is 10.8 Å². The number of anilines is 1. The molecule has 1 aromatic carbocycles. The van der Waals surface area contributed by atoms with E-state index in [0.717, 1.165) is 0 Å². The average Bonchev–Trinajstić information content (AvgIpc) is 2.55. The molecule has 3 rings (SSSR count). The average molecular weight is 349 g/mol. The molecule has 1 aliphatic heterocycles. The summed E-state index contributed by atoms with van der Waals surface area (Å²) in [7, 11) is 0. The first kappa shape index (κ1) is 15.8. The maximum atomic E-state index is 12.6. The van der Waals surface area contributed by atoms with Crippen LogP contribution < -0.4 is 10.1 Å². The van der Waals surface area contributed by atoms with Gasteiger partial charge in [-0.05, 0) is 37.3 Å². The van der Waals surface area contributed by atoms with E-state index in [1.165, 1.54) is 11.8 Å². The van der Waals surface area contributed by atoms with Crippen LogP contribution in [0.15, 0.2) is 41.6 Å². The lowest BCUT2D eigenvalue weighted by Gasteiger charge is -2.19. The van der Waals surface area contributed by atoms with Crippen molar-refractivity contribution in [2.24, 2.45) is 0 Å².